The Kier molecular flexibility index (Phi) is 7.32. The number of nitro groups is 1. The van der Waals surface area contributed by atoms with Gasteiger partial charge in [-0.15, -0.1) is 0 Å². The van der Waals surface area contributed by atoms with E-state index in [1.54, 1.807) is 24.3 Å². The van der Waals surface area contributed by atoms with Crippen LogP contribution in [0.2, 0.25) is 0 Å². The van der Waals surface area contributed by atoms with Crippen molar-refractivity contribution in [1.29, 1.82) is 0 Å². The number of amides is 1. The molecule has 0 aliphatic heterocycles. The van der Waals surface area contributed by atoms with Gasteiger partial charge in [0.25, 0.3) is 5.91 Å². The molecule has 2 aromatic rings. The Bertz CT molecular complexity index is 866. The van der Waals surface area contributed by atoms with Gasteiger partial charge in [0.2, 0.25) is 0 Å². The van der Waals surface area contributed by atoms with Gasteiger partial charge in [0.15, 0.2) is 23.9 Å². The fourth-order valence-corrected chi connectivity index (χ4v) is 2.24. The predicted molar refractivity (Wildman–Crippen MR) is 103 cm³/mol. The molecule has 0 saturated heterocycles. The highest BCUT2D eigenvalue weighted by Crippen LogP contribution is 2.31. The number of nitrogens with zero attached hydrogens (tertiary/aromatic N) is 2. The lowest BCUT2D eigenvalue weighted by molar-refractivity contribution is -0.385. The summed E-state index contributed by atoms with van der Waals surface area (Å²) in [6, 6.07) is 11.1. The maximum Gasteiger partial charge on any atom is 0.310 e. The first-order valence-corrected chi connectivity index (χ1v) is 8.44. The number of carbonyl (C=O) groups is 1. The number of nitro benzene ring substituents is 1. The van der Waals surface area contributed by atoms with Crippen LogP contribution in [-0.4, -0.2) is 36.9 Å². The van der Waals surface area contributed by atoms with Crippen LogP contribution in [-0.2, 0) is 4.79 Å². The molecule has 0 heterocycles. The molecule has 148 valence electrons. The van der Waals surface area contributed by atoms with Crippen LogP contribution in [0.5, 0.6) is 17.2 Å². The van der Waals surface area contributed by atoms with Gasteiger partial charge < -0.3 is 14.2 Å². The van der Waals surface area contributed by atoms with Crippen molar-refractivity contribution < 1.29 is 23.9 Å². The molecule has 0 aliphatic carbocycles. The van der Waals surface area contributed by atoms with Gasteiger partial charge in [-0.2, -0.15) is 5.10 Å². The molecule has 2 aromatic carbocycles. The van der Waals surface area contributed by atoms with Crippen molar-refractivity contribution in [2.75, 3.05) is 13.7 Å². The zero-order valence-corrected chi connectivity index (χ0v) is 15.7. The van der Waals surface area contributed by atoms with Crippen LogP contribution in [0.3, 0.4) is 0 Å². The van der Waals surface area contributed by atoms with Gasteiger partial charge in [-0.3, -0.25) is 14.9 Å². The topological polar surface area (TPSA) is 112 Å². The third-order valence-corrected chi connectivity index (χ3v) is 3.40. The van der Waals surface area contributed by atoms with Gasteiger partial charge in [-0.25, -0.2) is 5.43 Å². The molecule has 9 nitrogen and oxygen atoms in total. The van der Waals surface area contributed by atoms with E-state index in [0.29, 0.717) is 17.1 Å². The molecule has 28 heavy (non-hydrogen) atoms. The van der Waals surface area contributed by atoms with E-state index < -0.39 is 17.4 Å². The lowest BCUT2D eigenvalue weighted by atomic mass is 10.2. The minimum atomic E-state index is -0.579. The summed E-state index contributed by atoms with van der Waals surface area (Å²) in [5, 5.41) is 14.8. The minimum absolute atomic E-state index is 0.00652. The summed E-state index contributed by atoms with van der Waals surface area (Å²) >= 11 is 0. The van der Waals surface area contributed by atoms with E-state index in [0.717, 1.165) is 0 Å². The van der Waals surface area contributed by atoms with E-state index in [4.69, 9.17) is 14.2 Å². The highest BCUT2D eigenvalue weighted by atomic mass is 16.6. The SMILES string of the molecule is COc1cccc(/C=N/NC(=O)COc2ccccc2[N+](=O)[O-])c1OC(C)C. The number of hydrazone groups is 1. The molecular formula is C19H21N3O6. The Morgan fingerprint density at radius 2 is 1.93 bits per heavy atom. The number of hydrogen-bond donors (Lipinski definition) is 1. The van der Waals surface area contributed by atoms with Gasteiger partial charge in [-0.05, 0) is 32.0 Å². The van der Waals surface area contributed by atoms with Crippen molar-refractivity contribution in [3.63, 3.8) is 0 Å². The predicted octanol–water partition coefficient (Wildman–Crippen LogP) is 2.92. The number of nitrogens with one attached hydrogen (secondary N) is 1. The van der Waals surface area contributed by atoms with E-state index in [-0.39, 0.29) is 17.5 Å². The minimum Gasteiger partial charge on any atom is -0.493 e. The molecule has 2 rings (SSSR count). The highest BCUT2D eigenvalue weighted by molar-refractivity contribution is 5.86. The van der Waals surface area contributed by atoms with Crippen LogP contribution in [0.25, 0.3) is 0 Å². The highest BCUT2D eigenvalue weighted by Gasteiger charge is 2.15. The Balaban J connectivity index is 2.00. The van der Waals surface area contributed by atoms with Gasteiger partial charge in [0.1, 0.15) is 0 Å². The van der Waals surface area contributed by atoms with Crippen LogP contribution >= 0.6 is 0 Å². The van der Waals surface area contributed by atoms with E-state index in [2.05, 4.69) is 10.5 Å². The standard InChI is InChI=1S/C19H21N3O6/c1-13(2)28-19-14(7-6-10-17(19)26-3)11-20-21-18(23)12-27-16-9-5-4-8-15(16)22(24)25/h4-11,13H,12H2,1-3H3,(H,21,23)/b20-11+. The number of carbonyl (C=O) groups excluding carboxylic acids is 1. The summed E-state index contributed by atoms with van der Waals surface area (Å²) in [4.78, 5) is 22.3. The first-order chi connectivity index (χ1) is 13.4. The fourth-order valence-electron chi connectivity index (χ4n) is 2.24. The first-order valence-electron chi connectivity index (χ1n) is 8.44. The fraction of sp³-hybridized carbons (Fsp3) is 0.263. The van der Waals surface area contributed by atoms with Crippen LogP contribution in [0.1, 0.15) is 19.4 Å². The van der Waals surface area contributed by atoms with Gasteiger partial charge >= 0.3 is 5.69 Å². The lowest BCUT2D eigenvalue weighted by Crippen LogP contribution is -2.24. The quantitative estimate of drug-likeness (QED) is 0.402. The number of benzene rings is 2. The van der Waals surface area contributed by atoms with E-state index in [9.17, 15) is 14.9 Å². The van der Waals surface area contributed by atoms with Crippen molar-refractivity contribution in [2.24, 2.45) is 5.10 Å². The maximum atomic E-state index is 11.9. The molecule has 0 radical (unpaired) electrons. The molecular weight excluding hydrogens is 366 g/mol. The molecule has 0 aromatic heterocycles. The molecule has 9 heteroatoms. The second kappa shape index (κ2) is 9.91. The molecule has 0 aliphatic rings. The summed E-state index contributed by atoms with van der Waals surface area (Å²) < 4.78 is 16.2. The smallest absolute Gasteiger partial charge is 0.310 e. The van der Waals surface area contributed by atoms with Crippen molar-refractivity contribution >= 4 is 17.8 Å². The van der Waals surface area contributed by atoms with Crippen molar-refractivity contribution in [1.82, 2.24) is 5.43 Å². The monoisotopic (exact) mass is 387 g/mol. The van der Waals surface area contributed by atoms with E-state index in [1.165, 1.54) is 31.5 Å². The first kappa shape index (κ1) is 20.7. The number of ether oxygens (including phenoxy) is 3. The average Bonchev–Trinajstić information content (AvgIpc) is 2.67. The normalized spacial score (nSPS) is 10.7. The molecule has 1 N–H and O–H groups in total. The van der Waals surface area contributed by atoms with Crippen LogP contribution in [0.15, 0.2) is 47.6 Å². The van der Waals surface area contributed by atoms with Gasteiger partial charge in [0, 0.05) is 11.6 Å². The number of methoxy groups -OCH3 is 1. The summed E-state index contributed by atoms with van der Waals surface area (Å²) in [6.45, 7) is 3.35. The third kappa shape index (κ3) is 5.70. The third-order valence-electron chi connectivity index (χ3n) is 3.40. The zero-order valence-electron chi connectivity index (χ0n) is 15.7. The Labute approximate surface area is 162 Å². The molecule has 0 unspecified atom stereocenters. The van der Waals surface area contributed by atoms with E-state index in [1.807, 2.05) is 13.8 Å². The van der Waals surface area contributed by atoms with Gasteiger partial charge in [-0.1, -0.05) is 18.2 Å². The molecule has 0 saturated carbocycles. The molecule has 0 spiro atoms. The second-order valence-corrected chi connectivity index (χ2v) is 5.85. The van der Waals surface area contributed by atoms with Crippen LogP contribution in [0, 0.1) is 10.1 Å². The van der Waals surface area contributed by atoms with Crippen molar-refractivity contribution in [3.8, 4) is 17.2 Å². The number of hydrogen-bond acceptors (Lipinski definition) is 7. The Morgan fingerprint density at radius 3 is 2.61 bits per heavy atom. The molecule has 0 fully saturated rings. The summed E-state index contributed by atoms with van der Waals surface area (Å²) in [6.07, 6.45) is 1.34. The summed E-state index contributed by atoms with van der Waals surface area (Å²) in [5.74, 6) is 0.494. The van der Waals surface area contributed by atoms with Crippen LogP contribution in [0.4, 0.5) is 5.69 Å². The zero-order chi connectivity index (χ0) is 20.5. The van der Waals surface area contributed by atoms with Crippen LogP contribution < -0.4 is 19.6 Å². The number of para-hydroxylation sites is 3. The largest absolute Gasteiger partial charge is 0.493 e. The molecule has 0 atom stereocenters. The van der Waals surface area contributed by atoms with E-state index >= 15 is 0 Å². The molecule has 0 bridgehead atoms. The Hall–Kier alpha value is -3.62. The second-order valence-electron chi connectivity index (χ2n) is 5.85. The van der Waals surface area contributed by atoms with Crippen molar-refractivity contribution in [3.05, 3.63) is 58.1 Å². The maximum absolute atomic E-state index is 11.9. The Morgan fingerprint density at radius 1 is 1.21 bits per heavy atom. The molecule has 1 amide bonds. The lowest BCUT2D eigenvalue weighted by Gasteiger charge is -2.15. The average molecular weight is 387 g/mol. The summed E-state index contributed by atoms with van der Waals surface area (Å²) in [7, 11) is 1.53. The number of rotatable bonds is 9. The van der Waals surface area contributed by atoms with Gasteiger partial charge in [0.05, 0.1) is 24.4 Å². The van der Waals surface area contributed by atoms with Crippen molar-refractivity contribution in [2.45, 2.75) is 20.0 Å². The summed E-state index contributed by atoms with van der Waals surface area (Å²) in [5.41, 5.74) is 2.71.